The minimum absolute atomic E-state index is 0.00356. The maximum absolute atomic E-state index is 11.7. The van der Waals surface area contributed by atoms with Crippen LogP contribution in [0.3, 0.4) is 0 Å². The Kier molecular flexibility index (Phi) is 5.86. The van der Waals surface area contributed by atoms with E-state index in [-0.39, 0.29) is 17.8 Å². The molecule has 1 saturated carbocycles. The summed E-state index contributed by atoms with van der Waals surface area (Å²) in [5.74, 6) is 1.65. The van der Waals surface area contributed by atoms with Gasteiger partial charge in [-0.15, -0.1) is 0 Å². The van der Waals surface area contributed by atoms with E-state index in [4.69, 9.17) is 20.8 Å². The van der Waals surface area contributed by atoms with Crippen LogP contribution in [-0.2, 0) is 9.53 Å². The molecule has 0 spiro atoms. The average Bonchev–Trinajstić information content (AvgIpc) is 3.26. The lowest BCUT2D eigenvalue weighted by atomic mass is 9.82. The van der Waals surface area contributed by atoms with Gasteiger partial charge in [-0.2, -0.15) is 0 Å². The number of nitrogens with one attached hydrogen (secondary N) is 1. The molecule has 3 aromatic rings. The number of esters is 1. The average molecular weight is 411 g/mol. The molecule has 150 valence electrons. The van der Waals surface area contributed by atoms with Gasteiger partial charge in [0, 0.05) is 17.2 Å². The number of nitrogens with zero attached hydrogens (tertiary/aromatic N) is 1. The van der Waals surface area contributed by atoms with E-state index in [1.807, 2.05) is 48.5 Å². The highest BCUT2D eigenvalue weighted by Gasteiger charge is 2.30. The first-order valence-corrected chi connectivity index (χ1v) is 10.2. The Balaban J connectivity index is 1.41. The summed E-state index contributed by atoms with van der Waals surface area (Å²) in [6.45, 7) is 0. The van der Waals surface area contributed by atoms with Crippen molar-refractivity contribution in [3.05, 3.63) is 65.6 Å². The highest BCUT2D eigenvalue weighted by Crippen LogP contribution is 2.37. The molecule has 5 nitrogen and oxygen atoms in total. The van der Waals surface area contributed by atoms with Crippen molar-refractivity contribution in [3.8, 4) is 11.3 Å². The number of carbonyl (C=O) groups is 1. The Labute approximate surface area is 175 Å². The summed E-state index contributed by atoms with van der Waals surface area (Å²) in [6, 6.07) is 15.6. The van der Waals surface area contributed by atoms with Gasteiger partial charge in [0.1, 0.15) is 0 Å². The zero-order valence-corrected chi connectivity index (χ0v) is 17.0. The Morgan fingerprint density at radius 3 is 2.52 bits per heavy atom. The lowest BCUT2D eigenvalue weighted by molar-refractivity contribution is -0.146. The second kappa shape index (κ2) is 8.70. The molecule has 1 aromatic heterocycles. The van der Waals surface area contributed by atoms with Gasteiger partial charge in [-0.05, 0) is 62.1 Å². The maximum atomic E-state index is 11.7. The van der Waals surface area contributed by atoms with E-state index in [0.717, 1.165) is 54.3 Å². The van der Waals surface area contributed by atoms with Crippen LogP contribution in [-0.4, -0.2) is 18.1 Å². The first kappa shape index (κ1) is 19.5. The first-order chi connectivity index (χ1) is 14.1. The highest BCUT2D eigenvalue weighted by molar-refractivity contribution is 6.33. The second-order valence-electron chi connectivity index (χ2n) is 7.32. The van der Waals surface area contributed by atoms with Crippen molar-refractivity contribution >= 4 is 28.9 Å². The normalized spacial score (nSPS) is 19.0. The van der Waals surface area contributed by atoms with Crippen LogP contribution in [0.15, 0.2) is 59.1 Å². The van der Waals surface area contributed by atoms with Crippen molar-refractivity contribution in [2.45, 2.75) is 31.6 Å². The van der Waals surface area contributed by atoms with Crippen LogP contribution < -0.4 is 5.32 Å². The van der Waals surface area contributed by atoms with Crippen LogP contribution in [0.1, 0.15) is 37.5 Å². The fourth-order valence-electron chi connectivity index (χ4n) is 3.79. The number of para-hydroxylation sites is 1. The van der Waals surface area contributed by atoms with Crippen LogP contribution >= 0.6 is 11.6 Å². The Morgan fingerprint density at radius 2 is 1.83 bits per heavy atom. The molecule has 29 heavy (non-hydrogen) atoms. The third-order valence-corrected chi connectivity index (χ3v) is 5.79. The van der Waals surface area contributed by atoms with Crippen molar-refractivity contribution in [1.82, 2.24) is 4.98 Å². The largest absolute Gasteiger partial charge is 0.469 e. The number of halogens is 1. The predicted octanol–water partition coefficient (Wildman–Crippen LogP) is 6.19. The van der Waals surface area contributed by atoms with Gasteiger partial charge in [-0.25, -0.2) is 4.98 Å². The van der Waals surface area contributed by atoms with Gasteiger partial charge in [-0.1, -0.05) is 23.7 Å². The molecule has 0 radical (unpaired) electrons. The van der Waals surface area contributed by atoms with Crippen molar-refractivity contribution in [2.75, 3.05) is 12.4 Å². The van der Waals surface area contributed by atoms with Gasteiger partial charge in [0.2, 0.25) is 0 Å². The number of methoxy groups -OCH3 is 1. The van der Waals surface area contributed by atoms with Gasteiger partial charge < -0.3 is 14.5 Å². The van der Waals surface area contributed by atoms with Crippen molar-refractivity contribution in [1.29, 1.82) is 0 Å². The molecule has 1 aliphatic carbocycles. The van der Waals surface area contributed by atoms with E-state index < -0.39 is 0 Å². The summed E-state index contributed by atoms with van der Waals surface area (Å²) in [7, 11) is 1.45. The van der Waals surface area contributed by atoms with Crippen LogP contribution in [0.4, 0.5) is 11.4 Å². The minimum Gasteiger partial charge on any atom is -0.469 e. The Bertz CT molecular complexity index is 976. The second-order valence-corrected chi connectivity index (χ2v) is 7.72. The van der Waals surface area contributed by atoms with Crippen LogP contribution in [0.2, 0.25) is 5.02 Å². The van der Waals surface area contributed by atoms with Gasteiger partial charge in [0.05, 0.1) is 29.9 Å². The molecule has 1 heterocycles. The highest BCUT2D eigenvalue weighted by atomic mass is 35.5. The zero-order valence-electron chi connectivity index (χ0n) is 16.2. The number of aromatic nitrogens is 1. The number of carbonyl (C=O) groups excluding carboxylic acids is 1. The van der Waals surface area contributed by atoms with Crippen molar-refractivity contribution < 1.29 is 13.9 Å². The molecule has 1 N–H and O–H groups in total. The first-order valence-electron chi connectivity index (χ1n) is 9.79. The van der Waals surface area contributed by atoms with E-state index >= 15 is 0 Å². The van der Waals surface area contributed by atoms with Crippen molar-refractivity contribution in [2.24, 2.45) is 5.92 Å². The number of hydrogen-bond acceptors (Lipinski definition) is 5. The number of ether oxygens (including phenoxy) is 1. The summed E-state index contributed by atoms with van der Waals surface area (Å²) in [5.41, 5.74) is 2.78. The molecule has 0 atom stereocenters. The van der Waals surface area contributed by atoms with Gasteiger partial charge in [0.25, 0.3) is 0 Å². The number of rotatable bonds is 5. The Hall–Kier alpha value is -2.79. The summed E-state index contributed by atoms with van der Waals surface area (Å²) >= 11 is 6.20. The molecule has 0 bridgehead atoms. The molecule has 1 aliphatic rings. The topological polar surface area (TPSA) is 64.4 Å². The van der Waals surface area contributed by atoms with Gasteiger partial charge >= 0.3 is 5.97 Å². The van der Waals surface area contributed by atoms with E-state index in [1.165, 1.54) is 7.11 Å². The Morgan fingerprint density at radius 1 is 1.10 bits per heavy atom. The number of anilines is 2. The van der Waals surface area contributed by atoms with Crippen molar-refractivity contribution in [3.63, 3.8) is 0 Å². The van der Waals surface area contributed by atoms with E-state index in [1.54, 1.807) is 6.20 Å². The zero-order chi connectivity index (χ0) is 20.2. The monoisotopic (exact) mass is 410 g/mol. The van der Waals surface area contributed by atoms with Crippen LogP contribution in [0, 0.1) is 5.92 Å². The molecule has 6 heteroatoms. The quantitative estimate of drug-likeness (QED) is 0.508. The number of hydrogen-bond donors (Lipinski definition) is 1. The predicted molar refractivity (Wildman–Crippen MR) is 113 cm³/mol. The molecule has 0 amide bonds. The lowest BCUT2D eigenvalue weighted by Gasteiger charge is -2.24. The molecule has 1 fully saturated rings. The summed E-state index contributed by atoms with van der Waals surface area (Å²) in [6.07, 6.45) is 5.19. The standard InChI is InChI=1S/C23H23ClN2O3/c1-28-23(27)17-8-6-16(7-9-17)22-25-14-21(29-22)15-10-12-18(13-11-15)26-20-5-3-2-4-19(20)24/h2-5,10-14,16-17,26H,6-9H2,1H3. The molecular weight excluding hydrogens is 388 g/mol. The van der Waals surface area contributed by atoms with Crippen LogP contribution in [0.5, 0.6) is 0 Å². The molecule has 2 aromatic carbocycles. The minimum atomic E-state index is -0.109. The summed E-state index contributed by atoms with van der Waals surface area (Å²) in [5, 5.41) is 3.99. The van der Waals surface area contributed by atoms with E-state index in [2.05, 4.69) is 10.3 Å². The number of benzene rings is 2. The molecule has 0 unspecified atom stereocenters. The molecular formula is C23H23ClN2O3. The summed E-state index contributed by atoms with van der Waals surface area (Å²) < 4.78 is 10.9. The third kappa shape index (κ3) is 4.46. The summed E-state index contributed by atoms with van der Waals surface area (Å²) in [4.78, 5) is 16.2. The van der Waals surface area contributed by atoms with E-state index in [0.29, 0.717) is 5.02 Å². The third-order valence-electron chi connectivity index (χ3n) is 5.46. The van der Waals surface area contributed by atoms with Gasteiger partial charge in [0.15, 0.2) is 11.7 Å². The molecule has 0 saturated heterocycles. The maximum Gasteiger partial charge on any atom is 0.308 e. The smallest absolute Gasteiger partial charge is 0.308 e. The SMILES string of the molecule is COC(=O)C1CCC(c2ncc(-c3ccc(Nc4ccccc4Cl)cc3)o2)CC1. The number of oxazole rings is 1. The molecule has 4 rings (SSSR count). The molecule has 0 aliphatic heterocycles. The van der Waals surface area contributed by atoms with Crippen LogP contribution in [0.25, 0.3) is 11.3 Å². The fourth-order valence-corrected chi connectivity index (χ4v) is 3.97. The fraction of sp³-hybridized carbons (Fsp3) is 0.304. The van der Waals surface area contributed by atoms with E-state index in [9.17, 15) is 4.79 Å². The lowest BCUT2D eigenvalue weighted by Crippen LogP contribution is -2.22. The van der Waals surface area contributed by atoms with Gasteiger partial charge in [-0.3, -0.25) is 4.79 Å².